The van der Waals surface area contributed by atoms with Crippen molar-refractivity contribution < 1.29 is 20.1 Å². The summed E-state index contributed by atoms with van der Waals surface area (Å²) in [5.74, 6) is -0.512. The van der Waals surface area contributed by atoms with Gasteiger partial charge in [-0.25, -0.2) is 0 Å². The number of nitrogen functional groups attached to an aromatic ring is 1. The van der Waals surface area contributed by atoms with E-state index in [1.54, 1.807) is 19.1 Å². The van der Waals surface area contributed by atoms with E-state index in [0.29, 0.717) is 11.3 Å². The largest absolute Gasteiger partial charge is 0.399 e. The quantitative estimate of drug-likeness (QED) is 0.433. The number of aliphatic hydroxyl groups is 3. The molecule has 0 spiro atoms. The molecule has 0 aromatic heterocycles. The van der Waals surface area contributed by atoms with Gasteiger partial charge in [-0.1, -0.05) is 0 Å². The Morgan fingerprint density at radius 3 is 2.22 bits per heavy atom. The van der Waals surface area contributed by atoms with Crippen molar-refractivity contribution in [2.45, 2.75) is 12.5 Å². The first-order chi connectivity index (χ1) is 8.46. The van der Waals surface area contributed by atoms with Gasteiger partial charge in [0.15, 0.2) is 0 Å². The van der Waals surface area contributed by atoms with E-state index in [1.807, 2.05) is 0 Å². The maximum Gasteiger partial charge on any atom is 0.252 e. The van der Waals surface area contributed by atoms with Crippen LogP contribution in [0.2, 0.25) is 0 Å². The lowest BCUT2D eigenvalue weighted by Gasteiger charge is -2.28. The number of anilines is 1. The van der Waals surface area contributed by atoms with Crippen LogP contribution in [0.5, 0.6) is 0 Å². The summed E-state index contributed by atoms with van der Waals surface area (Å²) in [6.07, 6.45) is 0. The van der Waals surface area contributed by atoms with E-state index in [9.17, 15) is 4.79 Å². The lowest BCUT2D eigenvalue weighted by atomic mass is 10.0. The Hall–Kier alpha value is -1.63. The topological polar surface area (TPSA) is 116 Å². The molecule has 6 heteroatoms. The summed E-state index contributed by atoms with van der Waals surface area (Å²) in [6, 6.07) is 4.83. The molecule has 0 aliphatic rings. The third kappa shape index (κ3) is 3.19. The maximum absolute atomic E-state index is 11.9. The molecule has 6 nitrogen and oxygen atoms in total. The molecule has 0 saturated heterocycles. The second kappa shape index (κ2) is 5.81. The zero-order valence-electron chi connectivity index (χ0n) is 10.2. The van der Waals surface area contributed by atoms with Crippen LogP contribution in [-0.4, -0.2) is 46.6 Å². The molecule has 1 rings (SSSR count). The molecule has 1 amide bonds. The van der Waals surface area contributed by atoms with E-state index in [0.717, 1.165) is 5.56 Å². The molecule has 6 N–H and O–H groups in total. The zero-order chi connectivity index (χ0) is 13.8. The van der Waals surface area contributed by atoms with Crippen LogP contribution in [0.25, 0.3) is 0 Å². The lowest BCUT2D eigenvalue weighted by Crippen LogP contribution is -2.57. The number of hydrogen-bond acceptors (Lipinski definition) is 5. The van der Waals surface area contributed by atoms with Crippen molar-refractivity contribution in [3.8, 4) is 0 Å². The Bertz CT molecular complexity index is 402. The Balaban J connectivity index is 2.94. The Morgan fingerprint density at radius 2 is 1.78 bits per heavy atom. The number of nitrogens with two attached hydrogens (primary N) is 1. The average Bonchev–Trinajstić information content (AvgIpc) is 2.35. The highest BCUT2D eigenvalue weighted by molar-refractivity contribution is 5.95. The van der Waals surface area contributed by atoms with Gasteiger partial charge in [-0.05, 0) is 30.7 Å². The van der Waals surface area contributed by atoms with E-state index in [1.165, 1.54) is 6.07 Å². The fraction of sp³-hybridized carbons (Fsp3) is 0.417. The van der Waals surface area contributed by atoms with Crippen molar-refractivity contribution in [3.05, 3.63) is 29.3 Å². The van der Waals surface area contributed by atoms with Gasteiger partial charge >= 0.3 is 0 Å². The highest BCUT2D eigenvalue weighted by atomic mass is 16.3. The lowest BCUT2D eigenvalue weighted by molar-refractivity contribution is 0.0375. The van der Waals surface area contributed by atoms with E-state index >= 15 is 0 Å². The van der Waals surface area contributed by atoms with Gasteiger partial charge in [0, 0.05) is 11.3 Å². The SMILES string of the molecule is Cc1cc(N)cc(C(=O)NC(CO)(CO)CO)c1. The van der Waals surface area contributed by atoms with Crippen molar-refractivity contribution in [3.63, 3.8) is 0 Å². The molecule has 1 aromatic carbocycles. The number of rotatable bonds is 5. The van der Waals surface area contributed by atoms with Gasteiger partial charge in [0.2, 0.25) is 0 Å². The number of aryl methyl sites for hydroxylation is 1. The maximum atomic E-state index is 11.9. The number of amides is 1. The molecular weight excluding hydrogens is 236 g/mol. The smallest absolute Gasteiger partial charge is 0.252 e. The van der Waals surface area contributed by atoms with Crippen LogP contribution in [0.3, 0.4) is 0 Å². The van der Waals surface area contributed by atoms with Crippen LogP contribution in [-0.2, 0) is 0 Å². The molecule has 0 heterocycles. The predicted octanol–water partition coefficient (Wildman–Crippen LogP) is -0.977. The second-order valence-electron chi connectivity index (χ2n) is 4.34. The third-order valence-corrected chi connectivity index (χ3v) is 2.65. The number of hydrogen-bond donors (Lipinski definition) is 5. The van der Waals surface area contributed by atoms with Crippen LogP contribution in [0.4, 0.5) is 5.69 Å². The zero-order valence-corrected chi connectivity index (χ0v) is 10.2. The molecule has 0 bridgehead atoms. The summed E-state index contributed by atoms with van der Waals surface area (Å²) in [7, 11) is 0. The van der Waals surface area contributed by atoms with Crippen LogP contribution in [0, 0.1) is 6.92 Å². The summed E-state index contributed by atoms with van der Waals surface area (Å²) in [6.45, 7) is 0.109. The Labute approximate surface area is 105 Å². The van der Waals surface area contributed by atoms with Gasteiger partial charge < -0.3 is 26.4 Å². The number of nitrogens with one attached hydrogen (secondary N) is 1. The molecule has 0 aliphatic carbocycles. The number of carbonyl (C=O) groups is 1. The highest BCUT2D eigenvalue weighted by Gasteiger charge is 2.30. The molecule has 0 atom stereocenters. The predicted molar refractivity (Wildman–Crippen MR) is 67.0 cm³/mol. The summed E-state index contributed by atoms with van der Waals surface area (Å²) in [4.78, 5) is 11.9. The minimum absolute atomic E-state index is 0.312. The second-order valence-corrected chi connectivity index (χ2v) is 4.34. The van der Waals surface area contributed by atoms with Gasteiger partial charge in [-0.15, -0.1) is 0 Å². The normalized spacial score (nSPS) is 11.3. The minimum Gasteiger partial charge on any atom is -0.399 e. The number of aliphatic hydroxyl groups excluding tert-OH is 3. The van der Waals surface area contributed by atoms with Crippen LogP contribution >= 0.6 is 0 Å². The van der Waals surface area contributed by atoms with Crippen molar-refractivity contribution in [2.75, 3.05) is 25.6 Å². The van der Waals surface area contributed by atoms with Crippen LogP contribution in [0.1, 0.15) is 15.9 Å². The van der Waals surface area contributed by atoms with Gasteiger partial charge in [-0.3, -0.25) is 4.79 Å². The molecular formula is C12H18N2O4. The molecule has 0 aliphatic heterocycles. The fourth-order valence-corrected chi connectivity index (χ4v) is 1.53. The van der Waals surface area contributed by atoms with Crippen LogP contribution < -0.4 is 11.1 Å². The first kappa shape index (κ1) is 14.4. The van der Waals surface area contributed by atoms with Gasteiger partial charge in [0.25, 0.3) is 5.91 Å². The Morgan fingerprint density at radius 1 is 1.22 bits per heavy atom. The van der Waals surface area contributed by atoms with Crippen molar-refractivity contribution in [1.82, 2.24) is 5.32 Å². The molecule has 0 fully saturated rings. The van der Waals surface area contributed by atoms with E-state index in [2.05, 4.69) is 5.32 Å². The van der Waals surface area contributed by atoms with E-state index in [4.69, 9.17) is 21.1 Å². The first-order valence-corrected chi connectivity index (χ1v) is 5.48. The summed E-state index contributed by atoms with van der Waals surface area (Å²) in [5.41, 5.74) is 5.78. The van der Waals surface area contributed by atoms with E-state index in [-0.39, 0.29) is 0 Å². The number of benzene rings is 1. The number of carbonyl (C=O) groups excluding carboxylic acids is 1. The summed E-state index contributed by atoms with van der Waals surface area (Å²) >= 11 is 0. The Kier molecular flexibility index (Phi) is 4.66. The fourth-order valence-electron chi connectivity index (χ4n) is 1.53. The molecule has 0 saturated carbocycles. The third-order valence-electron chi connectivity index (χ3n) is 2.65. The highest BCUT2D eigenvalue weighted by Crippen LogP contribution is 2.12. The van der Waals surface area contributed by atoms with Crippen molar-refractivity contribution >= 4 is 11.6 Å². The molecule has 0 radical (unpaired) electrons. The van der Waals surface area contributed by atoms with E-state index < -0.39 is 31.3 Å². The summed E-state index contributed by atoms with van der Waals surface area (Å²) < 4.78 is 0. The molecule has 18 heavy (non-hydrogen) atoms. The monoisotopic (exact) mass is 254 g/mol. The molecule has 0 unspecified atom stereocenters. The standard InChI is InChI=1S/C12H18N2O4/c1-8-2-9(4-10(13)3-8)11(18)14-12(5-15,6-16)7-17/h2-4,15-17H,5-7,13H2,1H3,(H,14,18). The van der Waals surface area contributed by atoms with Gasteiger partial charge in [-0.2, -0.15) is 0 Å². The minimum atomic E-state index is -1.43. The van der Waals surface area contributed by atoms with Gasteiger partial charge in [0.05, 0.1) is 19.8 Å². The van der Waals surface area contributed by atoms with Crippen molar-refractivity contribution in [2.24, 2.45) is 0 Å². The summed E-state index contributed by atoms with van der Waals surface area (Å²) in [5, 5.41) is 29.8. The van der Waals surface area contributed by atoms with Crippen LogP contribution in [0.15, 0.2) is 18.2 Å². The first-order valence-electron chi connectivity index (χ1n) is 5.48. The molecule has 1 aromatic rings. The van der Waals surface area contributed by atoms with Gasteiger partial charge in [0.1, 0.15) is 5.54 Å². The van der Waals surface area contributed by atoms with Crippen molar-refractivity contribution in [1.29, 1.82) is 0 Å². The molecule has 100 valence electrons. The average molecular weight is 254 g/mol.